The minimum Gasteiger partial charge on any atom is -0.292 e. The van der Waals surface area contributed by atoms with E-state index in [4.69, 9.17) is 0 Å². The number of nitrogens with one attached hydrogen (secondary N) is 1. The summed E-state index contributed by atoms with van der Waals surface area (Å²) >= 11 is 0. The summed E-state index contributed by atoms with van der Waals surface area (Å²) in [7, 11) is 0. The van der Waals surface area contributed by atoms with Gasteiger partial charge in [0.2, 0.25) is 5.91 Å². The summed E-state index contributed by atoms with van der Waals surface area (Å²) in [4.78, 5) is 22.4. The van der Waals surface area contributed by atoms with Gasteiger partial charge in [-0.3, -0.25) is 19.6 Å². The van der Waals surface area contributed by atoms with Gasteiger partial charge in [-0.1, -0.05) is 6.92 Å². The number of carbonyl (C=O) groups excluding carboxylic acids is 2. The van der Waals surface area contributed by atoms with E-state index in [1.165, 1.54) is 0 Å². The Morgan fingerprint density at radius 3 is 3.00 bits per heavy atom. The van der Waals surface area contributed by atoms with Gasteiger partial charge in [0.25, 0.3) is 5.91 Å². The van der Waals surface area contributed by atoms with Crippen molar-refractivity contribution >= 4 is 17.9 Å². The molecule has 84 valence electrons. The Balaban J connectivity index is 2.25. The van der Waals surface area contributed by atoms with Gasteiger partial charge < -0.3 is 0 Å². The predicted octanol–water partition coefficient (Wildman–Crippen LogP) is 0.723. The van der Waals surface area contributed by atoms with Gasteiger partial charge >= 0.3 is 0 Å². The number of aryl methyl sites for hydroxylation is 1. The van der Waals surface area contributed by atoms with Gasteiger partial charge in [-0.15, -0.1) is 0 Å². The fourth-order valence-corrected chi connectivity index (χ4v) is 1.66. The zero-order valence-electron chi connectivity index (χ0n) is 9.06. The molecule has 1 fully saturated rings. The second kappa shape index (κ2) is 4.30. The first-order chi connectivity index (χ1) is 7.70. The summed E-state index contributed by atoms with van der Waals surface area (Å²) in [5, 5.41) is 6.40. The molecule has 16 heavy (non-hydrogen) atoms. The summed E-state index contributed by atoms with van der Waals surface area (Å²) in [5.41, 5.74) is 1.37. The van der Waals surface area contributed by atoms with Gasteiger partial charge in [-0.05, 0) is 18.6 Å². The van der Waals surface area contributed by atoms with Crippen LogP contribution >= 0.6 is 0 Å². The maximum atomic E-state index is 11.4. The van der Waals surface area contributed by atoms with Crippen LogP contribution < -0.4 is 5.32 Å². The average Bonchev–Trinajstić information content (AvgIpc) is 2.77. The number of amides is 2. The van der Waals surface area contributed by atoms with E-state index in [0.29, 0.717) is 5.57 Å². The highest BCUT2D eigenvalue weighted by atomic mass is 16.2. The van der Waals surface area contributed by atoms with Crippen molar-refractivity contribution in [3.8, 4) is 0 Å². The lowest BCUT2D eigenvalue weighted by molar-refractivity contribution is -0.124. The molecule has 0 aliphatic carbocycles. The number of imide groups is 1. The summed E-state index contributed by atoms with van der Waals surface area (Å²) in [5.74, 6) is -0.535. The summed E-state index contributed by atoms with van der Waals surface area (Å²) in [6.45, 7) is 2.87. The second-order valence-electron chi connectivity index (χ2n) is 3.70. The number of hydrogen-bond donors (Lipinski definition) is 1. The molecule has 5 nitrogen and oxygen atoms in total. The highest BCUT2D eigenvalue weighted by molar-refractivity contribution is 6.15. The van der Waals surface area contributed by atoms with Crippen molar-refractivity contribution in [3.05, 3.63) is 23.5 Å². The molecule has 1 aliphatic rings. The molecule has 0 aromatic carbocycles. The van der Waals surface area contributed by atoms with E-state index in [-0.39, 0.29) is 18.2 Å². The molecular formula is C11H13N3O2. The lowest BCUT2D eigenvalue weighted by Gasteiger charge is -2.01. The van der Waals surface area contributed by atoms with E-state index in [0.717, 1.165) is 18.7 Å². The third-order valence-corrected chi connectivity index (χ3v) is 2.40. The quantitative estimate of drug-likeness (QED) is 0.602. The molecule has 0 radical (unpaired) electrons. The molecule has 0 bridgehead atoms. The summed E-state index contributed by atoms with van der Waals surface area (Å²) in [6.07, 6.45) is 4.55. The Hall–Kier alpha value is -1.91. The smallest absolute Gasteiger partial charge is 0.254 e. The van der Waals surface area contributed by atoms with Crippen LogP contribution in [-0.2, 0) is 16.1 Å². The number of hydrogen-bond acceptors (Lipinski definition) is 3. The van der Waals surface area contributed by atoms with Gasteiger partial charge in [-0.2, -0.15) is 5.10 Å². The average molecular weight is 219 g/mol. The van der Waals surface area contributed by atoms with Crippen LogP contribution in [-0.4, -0.2) is 21.6 Å². The second-order valence-corrected chi connectivity index (χ2v) is 3.70. The van der Waals surface area contributed by atoms with E-state index in [9.17, 15) is 9.59 Å². The molecule has 1 N–H and O–H groups in total. The topological polar surface area (TPSA) is 64.0 Å². The Morgan fingerprint density at radius 1 is 1.56 bits per heavy atom. The molecule has 2 heterocycles. The fourth-order valence-electron chi connectivity index (χ4n) is 1.66. The highest BCUT2D eigenvalue weighted by Crippen LogP contribution is 2.14. The van der Waals surface area contributed by atoms with E-state index < -0.39 is 0 Å². The van der Waals surface area contributed by atoms with Crippen LogP contribution in [0, 0.1) is 0 Å². The third kappa shape index (κ3) is 2.03. The van der Waals surface area contributed by atoms with Gasteiger partial charge in [0, 0.05) is 18.3 Å². The first kappa shape index (κ1) is 10.6. The van der Waals surface area contributed by atoms with E-state index >= 15 is 0 Å². The molecule has 5 heteroatoms. The van der Waals surface area contributed by atoms with Crippen LogP contribution in [0.4, 0.5) is 0 Å². The lowest BCUT2D eigenvalue weighted by atomic mass is 10.2. The van der Waals surface area contributed by atoms with E-state index in [2.05, 4.69) is 17.3 Å². The Bertz CT molecular complexity index is 460. The SMILES string of the molecule is CCCn1nccc1/C=C1/CC(=O)NC1=O. The normalized spacial score (nSPS) is 18.2. The molecule has 0 atom stereocenters. The van der Waals surface area contributed by atoms with E-state index in [1.54, 1.807) is 12.3 Å². The Kier molecular flexibility index (Phi) is 2.85. The number of nitrogens with zero attached hydrogens (tertiary/aromatic N) is 2. The van der Waals surface area contributed by atoms with Crippen molar-refractivity contribution < 1.29 is 9.59 Å². The molecule has 1 aromatic heterocycles. The maximum Gasteiger partial charge on any atom is 0.254 e. The summed E-state index contributed by atoms with van der Waals surface area (Å²) < 4.78 is 1.82. The molecule has 2 rings (SSSR count). The van der Waals surface area contributed by atoms with Gasteiger partial charge in [-0.25, -0.2) is 0 Å². The Labute approximate surface area is 93.1 Å². The number of rotatable bonds is 3. The van der Waals surface area contributed by atoms with Crippen molar-refractivity contribution in [2.45, 2.75) is 26.3 Å². The minimum atomic E-state index is -0.297. The molecule has 0 saturated carbocycles. The molecule has 1 aliphatic heterocycles. The third-order valence-electron chi connectivity index (χ3n) is 2.40. The monoisotopic (exact) mass is 219 g/mol. The first-order valence-corrected chi connectivity index (χ1v) is 5.27. The van der Waals surface area contributed by atoms with Crippen molar-refractivity contribution in [2.24, 2.45) is 0 Å². The molecule has 1 aromatic rings. The Morgan fingerprint density at radius 2 is 2.38 bits per heavy atom. The minimum absolute atomic E-state index is 0.163. The van der Waals surface area contributed by atoms with Crippen LogP contribution in [0.3, 0.4) is 0 Å². The molecule has 1 saturated heterocycles. The van der Waals surface area contributed by atoms with Crippen LogP contribution in [0.5, 0.6) is 0 Å². The van der Waals surface area contributed by atoms with Crippen LogP contribution in [0.2, 0.25) is 0 Å². The van der Waals surface area contributed by atoms with Crippen molar-refractivity contribution in [1.82, 2.24) is 15.1 Å². The van der Waals surface area contributed by atoms with Gasteiger partial charge in [0.05, 0.1) is 12.1 Å². The van der Waals surface area contributed by atoms with E-state index in [1.807, 2.05) is 10.7 Å². The van der Waals surface area contributed by atoms with Gasteiger partial charge in [0.1, 0.15) is 0 Å². The van der Waals surface area contributed by atoms with Crippen LogP contribution in [0.1, 0.15) is 25.5 Å². The van der Waals surface area contributed by atoms with Crippen molar-refractivity contribution in [3.63, 3.8) is 0 Å². The molecular weight excluding hydrogens is 206 g/mol. The fraction of sp³-hybridized carbons (Fsp3) is 0.364. The van der Waals surface area contributed by atoms with Crippen LogP contribution in [0.15, 0.2) is 17.8 Å². The van der Waals surface area contributed by atoms with Crippen molar-refractivity contribution in [2.75, 3.05) is 0 Å². The molecule has 0 spiro atoms. The highest BCUT2D eigenvalue weighted by Gasteiger charge is 2.23. The lowest BCUT2D eigenvalue weighted by Crippen LogP contribution is -2.19. The number of carbonyl (C=O) groups is 2. The molecule has 0 unspecified atom stereocenters. The number of aromatic nitrogens is 2. The zero-order valence-corrected chi connectivity index (χ0v) is 9.06. The maximum absolute atomic E-state index is 11.4. The zero-order chi connectivity index (χ0) is 11.5. The standard InChI is InChI=1S/C11H13N3O2/c1-2-5-14-9(3-4-12-14)6-8-7-10(15)13-11(8)16/h3-4,6H,2,5,7H2,1H3,(H,13,15,16)/b8-6-. The van der Waals surface area contributed by atoms with Crippen LogP contribution in [0.25, 0.3) is 6.08 Å². The largest absolute Gasteiger partial charge is 0.292 e. The predicted molar refractivity (Wildman–Crippen MR) is 58.3 cm³/mol. The van der Waals surface area contributed by atoms with Crippen molar-refractivity contribution in [1.29, 1.82) is 0 Å². The summed E-state index contributed by atoms with van der Waals surface area (Å²) in [6, 6.07) is 1.83. The molecule has 2 amide bonds. The first-order valence-electron chi connectivity index (χ1n) is 5.27. The van der Waals surface area contributed by atoms with Gasteiger partial charge in [0.15, 0.2) is 0 Å².